The first-order valence-electron chi connectivity index (χ1n) is 5.69. The molecule has 3 rings (SSSR count). The lowest BCUT2D eigenvalue weighted by molar-refractivity contribution is -0.231. The Balaban J connectivity index is 1.79. The first-order valence-corrected chi connectivity index (χ1v) is 5.69. The van der Waals surface area contributed by atoms with Crippen LogP contribution in [0.2, 0.25) is 0 Å². The minimum atomic E-state index is -0.537. The predicted octanol–water partition coefficient (Wildman–Crippen LogP) is 1.29. The summed E-state index contributed by atoms with van der Waals surface area (Å²) in [6.45, 7) is 6.83. The molecule has 0 N–H and O–H groups in total. The van der Waals surface area contributed by atoms with Gasteiger partial charge in [-0.3, -0.25) is 0 Å². The molecule has 0 spiro atoms. The fraction of sp³-hybridized carbons (Fsp3) is 1.00. The van der Waals surface area contributed by atoms with Gasteiger partial charge in [-0.25, -0.2) is 0 Å². The highest BCUT2D eigenvalue weighted by atomic mass is 16.8. The van der Waals surface area contributed by atoms with Gasteiger partial charge in [0, 0.05) is 6.61 Å². The lowest BCUT2D eigenvalue weighted by Crippen LogP contribution is -2.43. The van der Waals surface area contributed by atoms with Gasteiger partial charge in [0.2, 0.25) is 0 Å². The summed E-state index contributed by atoms with van der Waals surface area (Å²) in [4.78, 5) is 0. The molecule has 0 unspecified atom stereocenters. The molecule has 0 aromatic carbocycles. The van der Waals surface area contributed by atoms with Crippen molar-refractivity contribution in [2.75, 3.05) is 6.61 Å². The Hall–Kier alpha value is -0.160. The van der Waals surface area contributed by atoms with E-state index in [4.69, 9.17) is 18.9 Å². The Bertz CT molecular complexity index is 265. The van der Waals surface area contributed by atoms with Crippen LogP contribution < -0.4 is 0 Å². The van der Waals surface area contributed by atoms with Crippen LogP contribution in [0.25, 0.3) is 0 Å². The highest BCUT2D eigenvalue weighted by molar-refractivity contribution is 4.97. The minimum Gasteiger partial charge on any atom is -0.373 e. The van der Waals surface area contributed by atoms with Crippen molar-refractivity contribution in [2.45, 2.75) is 57.6 Å². The minimum absolute atomic E-state index is 0.0484. The second kappa shape index (κ2) is 3.17. The molecule has 15 heavy (non-hydrogen) atoms. The molecule has 3 heterocycles. The van der Waals surface area contributed by atoms with Gasteiger partial charge in [0.05, 0.1) is 6.10 Å². The van der Waals surface area contributed by atoms with Crippen LogP contribution in [0.3, 0.4) is 0 Å². The highest BCUT2D eigenvalue weighted by Crippen LogP contribution is 2.42. The van der Waals surface area contributed by atoms with Crippen molar-refractivity contribution in [3.8, 4) is 0 Å². The first-order chi connectivity index (χ1) is 7.07. The maximum Gasteiger partial charge on any atom is 0.190 e. The zero-order chi connectivity index (χ0) is 10.6. The topological polar surface area (TPSA) is 36.9 Å². The molecule has 3 aliphatic heterocycles. The van der Waals surface area contributed by atoms with Crippen molar-refractivity contribution in [2.24, 2.45) is 5.92 Å². The van der Waals surface area contributed by atoms with Crippen LogP contribution >= 0.6 is 0 Å². The standard InChI is InChI=1S/C11H18O4/c1-6-4-5-12-8-7(6)13-10-9(8)14-11(2,3)15-10/h6-10H,4-5H2,1-3H3/t6-,7-,8+,9-,10-/m1/s1. The van der Waals surface area contributed by atoms with Crippen LogP contribution in [0.15, 0.2) is 0 Å². The summed E-state index contributed by atoms with van der Waals surface area (Å²) in [6.07, 6.45) is 0.970. The van der Waals surface area contributed by atoms with Crippen LogP contribution in [-0.4, -0.2) is 37.0 Å². The zero-order valence-corrected chi connectivity index (χ0v) is 9.43. The smallest absolute Gasteiger partial charge is 0.190 e. The van der Waals surface area contributed by atoms with Crippen LogP contribution in [0.1, 0.15) is 27.2 Å². The molecule has 0 aromatic heterocycles. The summed E-state index contributed by atoms with van der Waals surface area (Å²) >= 11 is 0. The molecule has 4 heteroatoms. The molecule has 4 nitrogen and oxygen atoms in total. The number of fused-ring (bicyclic) bond motifs is 3. The summed E-state index contributed by atoms with van der Waals surface area (Å²) in [5.41, 5.74) is 0. The molecule has 0 amide bonds. The van der Waals surface area contributed by atoms with Gasteiger partial charge >= 0.3 is 0 Å². The molecule has 5 atom stereocenters. The number of hydrogen-bond acceptors (Lipinski definition) is 4. The number of rotatable bonds is 0. The molecule has 3 aliphatic rings. The van der Waals surface area contributed by atoms with Gasteiger partial charge in [0.25, 0.3) is 0 Å². The third-order valence-electron chi connectivity index (χ3n) is 3.47. The Labute approximate surface area is 89.8 Å². The average Bonchev–Trinajstić information content (AvgIpc) is 2.59. The molecular weight excluding hydrogens is 196 g/mol. The fourth-order valence-corrected chi connectivity index (χ4v) is 2.71. The first kappa shape index (κ1) is 10.0. The number of ether oxygens (including phenoxy) is 4. The molecule has 0 aliphatic carbocycles. The van der Waals surface area contributed by atoms with E-state index < -0.39 is 5.79 Å². The van der Waals surface area contributed by atoms with Crippen LogP contribution in [0.5, 0.6) is 0 Å². The van der Waals surface area contributed by atoms with E-state index in [0.29, 0.717) is 5.92 Å². The van der Waals surface area contributed by atoms with E-state index in [1.165, 1.54) is 0 Å². The van der Waals surface area contributed by atoms with Gasteiger partial charge in [0.15, 0.2) is 12.1 Å². The summed E-state index contributed by atoms with van der Waals surface area (Å²) in [7, 11) is 0. The second-order valence-electron chi connectivity index (χ2n) is 5.17. The van der Waals surface area contributed by atoms with Crippen LogP contribution in [0.4, 0.5) is 0 Å². The quantitative estimate of drug-likeness (QED) is 0.609. The summed E-state index contributed by atoms with van der Waals surface area (Å²) < 4.78 is 23.1. The van der Waals surface area contributed by atoms with E-state index in [1.54, 1.807) is 0 Å². The fourth-order valence-electron chi connectivity index (χ4n) is 2.71. The van der Waals surface area contributed by atoms with Crippen LogP contribution in [-0.2, 0) is 18.9 Å². The maximum atomic E-state index is 5.86. The molecule has 0 radical (unpaired) electrons. The lowest BCUT2D eigenvalue weighted by atomic mass is 9.93. The van der Waals surface area contributed by atoms with E-state index in [-0.39, 0.29) is 24.6 Å². The van der Waals surface area contributed by atoms with Gasteiger partial charge in [-0.2, -0.15) is 0 Å². The van der Waals surface area contributed by atoms with E-state index in [2.05, 4.69) is 6.92 Å². The third-order valence-corrected chi connectivity index (χ3v) is 3.47. The summed E-state index contributed by atoms with van der Waals surface area (Å²) in [6, 6.07) is 0. The Morgan fingerprint density at radius 2 is 1.87 bits per heavy atom. The maximum absolute atomic E-state index is 5.86. The van der Waals surface area contributed by atoms with Gasteiger partial charge in [-0.15, -0.1) is 0 Å². The largest absolute Gasteiger partial charge is 0.373 e. The highest BCUT2D eigenvalue weighted by Gasteiger charge is 2.57. The zero-order valence-electron chi connectivity index (χ0n) is 9.43. The lowest BCUT2D eigenvalue weighted by Gasteiger charge is -2.33. The van der Waals surface area contributed by atoms with Crippen molar-refractivity contribution in [1.29, 1.82) is 0 Å². The second-order valence-corrected chi connectivity index (χ2v) is 5.17. The summed E-state index contributed by atoms with van der Waals surface area (Å²) in [5, 5.41) is 0. The van der Waals surface area contributed by atoms with Gasteiger partial charge in [-0.1, -0.05) is 6.92 Å². The van der Waals surface area contributed by atoms with Gasteiger partial charge < -0.3 is 18.9 Å². The van der Waals surface area contributed by atoms with E-state index in [0.717, 1.165) is 13.0 Å². The molecule has 0 aromatic rings. The van der Waals surface area contributed by atoms with Gasteiger partial charge in [-0.05, 0) is 26.2 Å². The monoisotopic (exact) mass is 214 g/mol. The van der Waals surface area contributed by atoms with Gasteiger partial charge in [0.1, 0.15) is 12.2 Å². The Morgan fingerprint density at radius 1 is 1.07 bits per heavy atom. The van der Waals surface area contributed by atoms with Crippen molar-refractivity contribution in [3.05, 3.63) is 0 Å². The number of hydrogen-bond donors (Lipinski definition) is 0. The summed E-state index contributed by atoms with van der Waals surface area (Å²) in [5.74, 6) is -0.00526. The van der Waals surface area contributed by atoms with E-state index in [1.807, 2.05) is 13.8 Å². The molecular formula is C11H18O4. The molecule has 0 bridgehead atoms. The predicted molar refractivity (Wildman–Crippen MR) is 52.2 cm³/mol. The Kier molecular flexibility index (Phi) is 2.12. The van der Waals surface area contributed by atoms with E-state index >= 15 is 0 Å². The third kappa shape index (κ3) is 1.51. The molecule has 3 saturated heterocycles. The normalized spacial score (nSPS) is 52.6. The van der Waals surface area contributed by atoms with Crippen molar-refractivity contribution in [1.82, 2.24) is 0 Å². The van der Waals surface area contributed by atoms with Crippen molar-refractivity contribution in [3.63, 3.8) is 0 Å². The SMILES string of the molecule is C[C@@H]1CCO[C@@H]2[C@H]3OC(C)(C)O[C@H]3O[C@@H]21. The Morgan fingerprint density at radius 3 is 2.67 bits per heavy atom. The molecule has 0 saturated carbocycles. The molecule has 3 fully saturated rings. The van der Waals surface area contributed by atoms with E-state index in [9.17, 15) is 0 Å². The van der Waals surface area contributed by atoms with Crippen LogP contribution in [0, 0.1) is 5.92 Å². The van der Waals surface area contributed by atoms with Crippen molar-refractivity contribution < 1.29 is 18.9 Å². The molecule has 86 valence electrons. The average molecular weight is 214 g/mol. The van der Waals surface area contributed by atoms with Crippen molar-refractivity contribution >= 4 is 0 Å².